The monoisotopic (exact) mass is 616 g/mol. The molecule has 12 heteroatoms. The standard InChI is InChI=1S/C30H22ClFN6O2S2/c1-30(2)14-38(25-21(39)10-8-16(24(25)30)26-33-19-13-15(32)7-11-22(19)41-26)20-6-4-3-5-17(20)34-28(40)37-29-35-18-9-12-23(31)36-27(18)42-29/h3-13,39H,14H2,1-2H3,(H2,34,35,37,40). The van der Waals surface area contributed by atoms with Crippen LogP contribution in [0.2, 0.25) is 5.15 Å². The topological polar surface area (TPSA) is 103 Å². The first-order valence-corrected chi connectivity index (χ1v) is 15.0. The zero-order valence-corrected chi connectivity index (χ0v) is 24.7. The predicted molar refractivity (Wildman–Crippen MR) is 168 cm³/mol. The van der Waals surface area contributed by atoms with E-state index in [4.69, 9.17) is 16.6 Å². The minimum Gasteiger partial charge on any atom is -0.506 e. The Labute approximate surface area is 252 Å². The van der Waals surface area contributed by atoms with Gasteiger partial charge < -0.3 is 15.3 Å². The average Bonchev–Trinajstić information content (AvgIpc) is 3.62. The van der Waals surface area contributed by atoms with Gasteiger partial charge in [-0.05, 0) is 54.1 Å². The highest BCUT2D eigenvalue weighted by Crippen LogP contribution is 2.54. The van der Waals surface area contributed by atoms with E-state index in [1.54, 1.807) is 24.3 Å². The first kappa shape index (κ1) is 26.6. The molecule has 8 nitrogen and oxygen atoms in total. The van der Waals surface area contributed by atoms with E-state index in [0.717, 1.165) is 26.5 Å². The number of aromatic nitrogens is 3. The van der Waals surface area contributed by atoms with E-state index < -0.39 is 11.4 Å². The number of pyridine rings is 1. The number of para-hydroxylation sites is 2. The molecule has 0 aliphatic carbocycles. The van der Waals surface area contributed by atoms with E-state index in [1.807, 2.05) is 35.2 Å². The Morgan fingerprint density at radius 1 is 1.00 bits per heavy atom. The Kier molecular flexibility index (Phi) is 6.26. The van der Waals surface area contributed by atoms with Crippen LogP contribution in [0, 0.1) is 5.82 Å². The molecule has 3 aromatic heterocycles. The number of carbonyl (C=O) groups is 1. The second-order valence-electron chi connectivity index (χ2n) is 10.5. The molecule has 6 aromatic rings. The van der Waals surface area contributed by atoms with Crippen molar-refractivity contribution in [1.82, 2.24) is 15.0 Å². The van der Waals surface area contributed by atoms with Gasteiger partial charge in [-0.15, -0.1) is 11.3 Å². The molecular weight excluding hydrogens is 595 g/mol. The van der Waals surface area contributed by atoms with Crippen molar-refractivity contribution in [2.24, 2.45) is 0 Å². The van der Waals surface area contributed by atoms with Gasteiger partial charge in [0.05, 0.1) is 27.3 Å². The average molecular weight is 617 g/mol. The maximum atomic E-state index is 13.9. The minimum atomic E-state index is -0.467. The molecule has 42 heavy (non-hydrogen) atoms. The molecule has 1 aliphatic heterocycles. The summed E-state index contributed by atoms with van der Waals surface area (Å²) >= 11 is 8.69. The molecule has 0 saturated carbocycles. The van der Waals surface area contributed by atoms with Crippen LogP contribution in [-0.2, 0) is 5.41 Å². The lowest BCUT2D eigenvalue weighted by Gasteiger charge is -2.25. The van der Waals surface area contributed by atoms with Gasteiger partial charge in [-0.1, -0.05) is 48.9 Å². The normalized spacial score (nSPS) is 14.0. The van der Waals surface area contributed by atoms with Crippen molar-refractivity contribution in [2.45, 2.75) is 19.3 Å². The molecule has 3 N–H and O–H groups in total. The lowest BCUT2D eigenvalue weighted by Crippen LogP contribution is -2.27. The zero-order chi connectivity index (χ0) is 29.2. The number of hydrogen-bond acceptors (Lipinski definition) is 8. The molecule has 1 aliphatic rings. The Bertz CT molecular complexity index is 2040. The third-order valence-electron chi connectivity index (χ3n) is 7.12. The van der Waals surface area contributed by atoms with Gasteiger partial charge in [-0.2, -0.15) is 0 Å². The quantitative estimate of drug-likeness (QED) is 0.172. The van der Waals surface area contributed by atoms with Crippen LogP contribution in [0.3, 0.4) is 0 Å². The number of aromatic hydroxyl groups is 1. The van der Waals surface area contributed by atoms with Gasteiger partial charge in [-0.3, -0.25) is 5.32 Å². The van der Waals surface area contributed by atoms with Crippen LogP contribution in [0.15, 0.2) is 66.7 Å². The molecule has 0 spiro atoms. The van der Waals surface area contributed by atoms with Gasteiger partial charge in [0.15, 0.2) is 5.13 Å². The number of phenols is 1. The fourth-order valence-electron chi connectivity index (χ4n) is 5.40. The van der Waals surface area contributed by atoms with E-state index >= 15 is 0 Å². The number of amides is 2. The van der Waals surface area contributed by atoms with Crippen LogP contribution in [0.25, 0.3) is 31.1 Å². The molecule has 0 fully saturated rings. The van der Waals surface area contributed by atoms with E-state index in [0.29, 0.717) is 44.1 Å². The smallest absolute Gasteiger partial charge is 0.325 e. The highest BCUT2D eigenvalue weighted by molar-refractivity contribution is 7.22. The summed E-state index contributed by atoms with van der Waals surface area (Å²) in [7, 11) is 0. The molecule has 0 unspecified atom stereocenters. The van der Waals surface area contributed by atoms with Crippen LogP contribution in [-0.4, -0.2) is 32.6 Å². The van der Waals surface area contributed by atoms with Crippen LogP contribution in [0.5, 0.6) is 5.75 Å². The van der Waals surface area contributed by atoms with E-state index in [9.17, 15) is 14.3 Å². The van der Waals surface area contributed by atoms with Gasteiger partial charge in [0, 0.05) is 23.6 Å². The van der Waals surface area contributed by atoms with E-state index in [1.165, 1.54) is 34.8 Å². The van der Waals surface area contributed by atoms with Crippen LogP contribution in [0.4, 0.5) is 31.4 Å². The Morgan fingerprint density at radius 2 is 1.83 bits per heavy atom. The molecule has 0 saturated heterocycles. The van der Waals surface area contributed by atoms with Gasteiger partial charge in [0.2, 0.25) is 0 Å². The van der Waals surface area contributed by atoms with Gasteiger partial charge in [-0.25, -0.2) is 24.1 Å². The van der Waals surface area contributed by atoms with Gasteiger partial charge in [0.25, 0.3) is 0 Å². The highest BCUT2D eigenvalue weighted by atomic mass is 35.5. The summed E-state index contributed by atoms with van der Waals surface area (Å²) in [6.07, 6.45) is 0. The van der Waals surface area contributed by atoms with Crippen molar-refractivity contribution >= 4 is 83.1 Å². The number of halogens is 2. The Balaban J connectivity index is 1.24. The number of fused-ring (bicyclic) bond motifs is 3. The molecule has 0 radical (unpaired) electrons. The summed E-state index contributed by atoms with van der Waals surface area (Å²) in [6.45, 7) is 4.76. The number of carbonyl (C=O) groups excluding carboxylic acids is 1. The first-order chi connectivity index (χ1) is 20.2. The van der Waals surface area contributed by atoms with Gasteiger partial charge in [0.1, 0.15) is 32.1 Å². The SMILES string of the molecule is CC1(C)CN(c2ccccc2NC(=O)Nc2nc3ccc(Cl)nc3s2)c2c(O)ccc(-c3nc4cc(F)ccc4s3)c21. The third kappa shape index (κ3) is 4.59. The lowest BCUT2D eigenvalue weighted by molar-refractivity contribution is 0.262. The molecule has 2 amide bonds. The highest BCUT2D eigenvalue weighted by Gasteiger charge is 2.41. The summed E-state index contributed by atoms with van der Waals surface area (Å²) in [5.74, 6) is -0.217. The summed E-state index contributed by atoms with van der Waals surface area (Å²) in [5.41, 5.74) is 4.57. The summed E-state index contributed by atoms with van der Waals surface area (Å²) in [5, 5.41) is 18.4. The molecule has 4 heterocycles. The summed E-state index contributed by atoms with van der Waals surface area (Å²) in [6, 6.07) is 18.5. The molecule has 7 rings (SSSR count). The zero-order valence-electron chi connectivity index (χ0n) is 22.3. The predicted octanol–water partition coefficient (Wildman–Crippen LogP) is 8.54. The molecule has 0 atom stereocenters. The number of benzene rings is 3. The number of anilines is 4. The van der Waals surface area contributed by atoms with Crippen LogP contribution < -0.4 is 15.5 Å². The third-order valence-corrected chi connectivity index (χ3v) is 9.28. The number of urea groups is 1. The minimum absolute atomic E-state index is 0.117. The maximum absolute atomic E-state index is 13.9. The van der Waals surface area contributed by atoms with Crippen molar-refractivity contribution < 1.29 is 14.3 Å². The van der Waals surface area contributed by atoms with Crippen LogP contribution in [0.1, 0.15) is 19.4 Å². The Morgan fingerprint density at radius 3 is 2.69 bits per heavy atom. The van der Waals surface area contributed by atoms with Crippen molar-refractivity contribution in [3.05, 3.63) is 83.3 Å². The largest absolute Gasteiger partial charge is 0.506 e. The lowest BCUT2D eigenvalue weighted by atomic mass is 9.83. The molecular formula is C30H22ClFN6O2S2. The van der Waals surface area contributed by atoms with E-state index in [-0.39, 0.29) is 11.6 Å². The van der Waals surface area contributed by atoms with Crippen molar-refractivity contribution in [3.8, 4) is 16.3 Å². The number of nitrogens with zero attached hydrogens (tertiary/aromatic N) is 4. The van der Waals surface area contributed by atoms with E-state index in [2.05, 4.69) is 34.4 Å². The fourth-order valence-corrected chi connectivity index (χ4v) is 7.41. The van der Waals surface area contributed by atoms with Crippen molar-refractivity contribution in [2.75, 3.05) is 22.1 Å². The van der Waals surface area contributed by atoms with Crippen LogP contribution >= 0.6 is 34.3 Å². The number of phenolic OH excluding ortho intramolecular Hbond substituents is 1. The molecule has 0 bridgehead atoms. The maximum Gasteiger partial charge on any atom is 0.325 e. The second-order valence-corrected chi connectivity index (χ2v) is 12.9. The molecule has 210 valence electrons. The fraction of sp³-hybridized carbons (Fsp3) is 0.133. The van der Waals surface area contributed by atoms with Gasteiger partial charge >= 0.3 is 6.03 Å². The number of hydrogen-bond donors (Lipinski definition) is 3. The Hall–Kier alpha value is -4.32. The first-order valence-electron chi connectivity index (χ1n) is 13.0. The number of rotatable bonds is 4. The number of thiazole rings is 2. The molecule has 3 aromatic carbocycles. The summed E-state index contributed by atoms with van der Waals surface area (Å²) < 4.78 is 14.8. The summed E-state index contributed by atoms with van der Waals surface area (Å²) in [4.78, 5) is 29.1. The number of nitrogens with one attached hydrogen (secondary N) is 2. The van der Waals surface area contributed by atoms with Crippen molar-refractivity contribution in [3.63, 3.8) is 0 Å². The second kappa shape index (κ2) is 9.90. The van der Waals surface area contributed by atoms with Crippen molar-refractivity contribution in [1.29, 1.82) is 0 Å².